The fraction of sp³-hybridized carbons (Fsp3) is 0.222. The molecule has 0 heterocycles. The van der Waals surface area contributed by atoms with Crippen LogP contribution in [-0.4, -0.2) is 42.2 Å². The molecule has 24 heavy (non-hydrogen) atoms. The molecule has 0 aliphatic heterocycles. The molecule has 0 saturated heterocycles. The van der Waals surface area contributed by atoms with Gasteiger partial charge in [0.2, 0.25) is 0 Å². The van der Waals surface area contributed by atoms with E-state index >= 15 is 0 Å². The van der Waals surface area contributed by atoms with E-state index in [-0.39, 0.29) is 28.7 Å². The summed E-state index contributed by atoms with van der Waals surface area (Å²) in [5.41, 5.74) is 1.09. The summed E-state index contributed by atoms with van der Waals surface area (Å²) in [5.74, 6) is 0.798. The first-order chi connectivity index (χ1) is 11.4. The van der Waals surface area contributed by atoms with Crippen LogP contribution in [0.15, 0.2) is 42.5 Å². The topological polar surface area (TPSA) is 59.0 Å². The van der Waals surface area contributed by atoms with Crippen molar-refractivity contribution in [2.45, 2.75) is 6.42 Å². The smallest absolute Gasteiger partial charge is 0.264 e. The largest absolute Gasteiger partial charge is 0.507 e. The molecule has 0 spiro atoms. The van der Waals surface area contributed by atoms with Crippen molar-refractivity contribution in [3.63, 3.8) is 0 Å². The van der Waals surface area contributed by atoms with Crippen molar-refractivity contribution in [2.75, 3.05) is 21.2 Å². The molecule has 0 unspecified atom stereocenters. The minimum absolute atomic E-state index is 0.132. The van der Waals surface area contributed by atoms with Gasteiger partial charge in [0.15, 0.2) is 5.78 Å². The zero-order valence-corrected chi connectivity index (χ0v) is 14.6. The van der Waals surface area contributed by atoms with Gasteiger partial charge in [-0.25, -0.2) is 0 Å². The number of nitrogens with zero attached hydrogens (tertiary/aromatic N) is 1. The van der Waals surface area contributed by atoms with Crippen LogP contribution >= 0.6 is 12.2 Å². The van der Waals surface area contributed by atoms with Crippen LogP contribution in [0.5, 0.6) is 17.2 Å². The Labute approximate surface area is 146 Å². The van der Waals surface area contributed by atoms with Crippen LogP contribution in [0.1, 0.15) is 15.9 Å². The number of methoxy groups -OCH3 is 1. The van der Waals surface area contributed by atoms with Gasteiger partial charge in [0, 0.05) is 26.6 Å². The maximum Gasteiger partial charge on any atom is 0.264 e. The molecular weight excluding hydrogens is 326 g/mol. The number of carbonyl (C=O) groups is 1. The maximum atomic E-state index is 12.4. The van der Waals surface area contributed by atoms with Gasteiger partial charge in [-0.15, -0.1) is 0 Å². The number of aromatic hydroxyl groups is 1. The molecule has 126 valence electrons. The van der Waals surface area contributed by atoms with Gasteiger partial charge in [0.25, 0.3) is 5.17 Å². The van der Waals surface area contributed by atoms with Crippen LogP contribution in [0.4, 0.5) is 0 Å². The molecule has 0 aliphatic rings. The average Bonchev–Trinajstić information content (AvgIpc) is 2.55. The summed E-state index contributed by atoms with van der Waals surface area (Å²) in [5, 5.41) is 10.4. The molecule has 0 saturated carbocycles. The van der Waals surface area contributed by atoms with Crippen molar-refractivity contribution >= 4 is 23.2 Å². The van der Waals surface area contributed by atoms with E-state index in [1.807, 2.05) is 12.1 Å². The number of rotatable bonds is 5. The normalized spacial score (nSPS) is 10.1. The Bertz CT molecular complexity index is 741. The minimum atomic E-state index is -0.181. The van der Waals surface area contributed by atoms with Crippen molar-refractivity contribution in [1.29, 1.82) is 0 Å². The van der Waals surface area contributed by atoms with Gasteiger partial charge in [0.1, 0.15) is 17.2 Å². The molecule has 2 aromatic rings. The van der Waals surface area contributed by atoms with E-state index in [2.05, 4.69) is 0 Å². The fourth-order valence-corrected chi connectivity index (χ4v) is 2.12. The maximum absolute atomic E-state index is 12.4. The molecule has 0 bridgehead atoms. The van der Waals surface area contributed by atoms with Crippen molar-refractivity contribution in [1.82, 2.24) is 4.90 Å². The Morgan fingerprint density at radius 1 is 1.12 bits per heavy atom. The number of ketones is 1. The SMILES string of the molecule is COc1ccc(CC(=O)c2ccc(OC(=S)N(C)C)cc2O)cc1. The minimum Gasteiger partial charge on any atom is -0.507 e. The number of benzene rings is 2. The Morgan fingerprint density at radius 2 is 1.75 bits per heavy atom. The van der Waals surface area contributed by atoms with Gasteiger partial charge in [-0.05, 0) is 42.0 Å². The van der Waals surface area contributed by atoms with Gasteiger partial charge in [0.05, 0.1) is 12.7 Å². The quantitative estimate of drug-likeness (QED) is 0.664. The van der Waals surface area contributed by atoms with E-state index in [4.69, 9.17) is 21.7 Å². The van der Waals surface area contributed by atoms with Gasteiger partial charge < -0.3 is 19.5 Å². The highest BCUT2D eigenvalue weighted by atomic mass is 32.1. The van der Waals surface area contributed by atoms with Crippen molar-refractivity contribution < 1.29 is 19.4 Å². The van der Waals surface area contributed by atoms with Gasteiger partial charge in [-0.2, -0.15) is 0 Å². The van der Waals surface area contributed by atoms with E-state index in [1.54, 1.807) is 44.3 Å². The molecule has 0 aliphatic carbocycles. The zero-order valence-electron chi connectivity index (χ0n) is 13.8. The Kier molecular flexibility index (Phi) is 5.76. The molecule has 0 amide bonds. The number of ether oxygens (including phenoxy) is 2. The Balaban J connectivity index is 2.10. The first kappa shape index (κ1) is 17.7. The number of Topliss-reactive ketones (excluding diaryl/α,β-unsaturated/α-hetero) is 1. The van der Waals surface area contributed by atoms with Crippen LogP contribution in [-0.2, 0) is 6.42 Å². The molecule has 0 aromatic heterocycles. The van der Waals surface area contributed by atoms with Crippen molar-refractivity contribution in [2.24, 2.45) is 0 Å². The molecule has 0 fully saturated rings. The van der Waals surface area contributed by atoms with Crippen LogP contribution in [0, 0.1) is 0 Å². The molecule has 6 heteroatoms. The summed E-state index contributed by atoms with van der Waals surface area (Å²) >= 11 is 5.04. The third-order valence-corrected chi connectivity index (χ3v) is 3.81. The van der Waals surface area contributed by atoms with Crippen LogP contribution in [0.25, 0.3) is 0 Å². The van der Waals surface area contributed by atoms with E-state index in [0.29, 0.717) is 5.75 Å². The predicted octanol–water partition coefficient (Wildman–Crippen LogP) is 3.05. The number of hydrogen-bond acceptors (Lipinski definition) is 5. The standard InChI is InChI=1S/C18H19NO4S/c1-19(2)18(24)23-14-8-9-15(17(21)11-14)16(20)10-12-4-6-13(22-3)7-5-12/h4-9,11,21H,10H2,1-3H3. The number of phenols is 1. The molecular formula is C18H19NO4S. The van der Waals surface area contributed by atoms with Crippen LogP contribution in [0.3, 0.4) is 0 Å². The van der Waals surface area contributed by atoms with Crippen molar-refractivity contribution in [3.05, 3.63) is 53.6 Å². The molecule has 5 nitrogen and oxygen atoms in total. The molecule has 0 radical (unpaired) electrons. The molecule has 0 atom stereocenters. The fourth-order valence-electron chi connectivity index (χ4n) is 2.03. The van der Waals surface area contributed by atoms with E-state index in [1.165, 1.54) is 12.1 Å². The number of hydrogen-bond donors (Lipinski definition) is 1. The Morgan fingerprint density at radius 3 is 2.29 bits per heavy atom. The molecule has 1 N–H and O–H groups in total. The average molecular weight is 345 g/mol. The third kappa shape index (κ3) is 4.45. The second-order valence-electron chi connectivity index (χ2n) is 5.39. The van der Waals surface area contributed by atoms with E-state index < -0.39 is 0 Å². The number of phenolic OH excluding ortho intramolecular Hbond substituents is 1. The van der Waals surface area contributed by atoms with Gasteiger partial charge in [-0.3, -0.25) is 4.79 Å². The lowest BCUT2D eigenvalue weighted by Gasteiger charge is -2.14. The van der Waals surface area contributed by atoms with E-state index in [0.717, 1.165) is 11.3 Å². The third-order valence-electron chi connectivity index (χ3n) is 3.36. The number of thiocarbonyl (C=S) groups is 1. The summed E-state index contributed by atoms with van der Waals surface area (Å²) < 4.78 is 10.5. The summed E-state index contributed by atoms with van der Waals surface area (Å²) in [4.78, 5) is 14.0. The summed E-state index contributed by atoms with van der Waals surface area (Å²) in [6, 6.07) is 11.8. The molecule has 2 aromatic carbocycles. The van der Waals surface area contributed by atoms with Gasteiger partial charge in [-0.1, -0.05) is 12.1 Å². The lowest BCUT2D eigenvalue weighted by Crippen LogP contribution is -2.24. The molecule has 2 rings (SSSR count). The summed E-state index contributed by atoms with van der Waals surface area (Å²) in [6.07, 6.45) is 0.188. The first-order valence-electron chi connectivity index (χ1n) is 7.29. The second-order valence-corrected chi connectivity index (χ2v) is 5.74. The lowest BCUT2D eigenvalue weighted by atomic mass is 10.0. The van der Waals surface area contributed by atoms with Gasteiger partial charge >= 0.3 is 0 Å². The van der Waals surface area contributed by atoms with E-state index in [9.17, 15) is 9.90 Å². The monoisotopic (exact) mass is 345 g/mol. The number of carbonyl (C=O) groups excluding carboxylic acids is 1. The predicted molar refractivity (Wildman–Crippen MR) is 96.0 cm³/mol. The highest BCUT2D eigenvalue weighted by Crippen LogP contribution is 2.25. The summed E-state index contributed by atoms with van der Waals surface area (Å²) in [7, 11) is 5.10. The zero-order chi connectivity index (χ0) is 17.7. The highest BCUT2D eigenvalue weighted by Gasteiger charge is 2.14. The lowest BCUT2D eigenvalue weighted by molar-refractivity contribution is 0.0990. The first-order valence-corrected chi connectivity index (χ1v) is 7.70. The van der Waals surface area contributed by atoms with Crippen molar-refractivity contribution in [3.8, 4) is 17.2 Å². The summed E-state index contributed by atoms with van der Waals surface area (Å²) in [6.45, 7) is 0. The second kappa shape index (κ2) is 7.79. The highest BCUT2D eigenvalue weighted by molar-refractivity contribution is 7.80. The van der Waals surface area contributed by atoms with Crippen LogP contribution < -0.4 is 9.47 Å². The van der Waals surface area contributed by atoms with Crippen LogP contribution in [0.2, 0.25) is 0 Å². The Hall–Kier alpha value is -2.60.